The summed E-state index contributed by atoms with van der Waals surface area (Å²) >= 11 is 0. The predicted molar refractivity (Wildman–Crippen MR) is 224 cm³/mol. The third kappa shape index (κ3) is 11.1. The Balaban J connectivity index is 2.55. The SMILES string of the molecule is C=CC/C(=C/CO[Si](c1ccccc1)(c1ccccc1)C(C)(C)C)CC(/C=C/C(C)(C)C(C#N)O[Si](C)(C)C(C)(C)C)O[Si](CC)(CC)CC. The molecule has 0 spiro atoms. The van der Waals surface area contributed by atoms with Crippen LogP contribution < -0.4 is 10.4 Å². The molecule has 0 N–H and O–H groups in total. The van der Waals surface area contributed by atoms with Crippen LogP contribution in [-0.4, -0.2) is 43.8 Å². The minimum absolute atomic E-state index is 0.0169. The van der Waals surface area contributed by atoms with Crippen molar-refractivity contribution in [3.8, 4) is 6.07 Å². The molecule has 276 valence electrons. The molecule has 0 fully saturated rings. The minimum atomic E-state index is -2.67. The summed E-state index contributed by atoms with van der Waals surface area (Å²) in [7, 11) is -6.78. The van der Waals surface area contributed by atoms with E-state index in [1.807, 2.05) is 6.08 Å². The molecule has 0 aliphatic heterocycles. The van der Waals surface area contributed by atoms with E-state index in [1.165, 1.54) is 15.9 Å². The fraction of sp³-hybridized carbons (Fsp3) is 0.558. The Bertz CT molecular complexity index is 1380. The van der Waals surface area contributed by atoms with E-state index in [1.54, 1.807) is 0 Å². The van der Waals surface area contributed by atoms with Gasteiger partial charge in [-0.05, 0) is 64.5 Å². The Kier molecular flexibility index (Phi) is 16.2. The highest BCUT2D eigenvalue weighted by Crippen LogP contribution is 2.40. The van der Waals surface area contributed by atoms with Crippen molar-refractivity contribution in [1.82, 2.24) is 0 Å². The van der Waals surface area contributed by atoms with E-state index in [0.717, 1.165) is 31.0 Å². The van der Waals surface area contributed by atoms with Crippen molar-refractivity contribution < 1.29 is 13.3 Å². The lowest BCUT2D eigenvalue weighted by Crippen LogP contribution is -2.66. The van der Waals surface area contributed by atoms with Gasteiger partial charge in [-0.25, -0.2) is 0 Å². The summed E-state index contributed by atoms with van der Waals surface area (Å²) in [4.78, 5) is 0. The normalized spacial score (nSPS) is 15.2. The molecule has 0 radical (unpaired) electrons. The van der Waals surface area contributed by atoms with Crippen molar-refractivity contribution in [3.63, 3.8) is 0 Å². The number of hydrogen-bond acceptors (Lipinski definition) is 4. The maximum atomic E-state index is 10.3. The number of hydrogen-bond donors (Lipinski definition) is 0. The summed E-state index contributed by atoms with van der Waals surface area (Å²) in [6.45, 7) is 33.7. The Morgan fingerprint density at radius 3 is 1.70 bits per heavy atom. The quantitative estimate of drug-likeness (QED) is 0.107. The Morgan fingerprint density at radius 2 is 1.30 bits per heavy atom. The van der Waals surface area contributed by atoms with Gasteiger partial charge in [0.1, 0.15) is 6.10 Å². The molecule has 0 saturated heterocycles. The number of nitrogens with zero attached hydrogens (tertiary/aromatic N) is 1. The molecule has 4 nitrogen and oxygen atoms in total. The Labute approximate surface area is 310 Å². The van der Waals surface area contributed by atoms with E-state index in [0.29, 0.717) is 6.61 Å². The van der Waals surface area contributed by atoms with Gasteiger partial charge >= 0.3 is 0 Å². The third-order valence-electron chi connectivity index (χ3n) is 11.0. The van der Waals surface area contributed by atoms with Gasteiger partial charge in [-0.2, -0.15) is 5.26 Å². The van der Waals surface area contributed by atoms with Crippen LogP contribution in [0.3, 0.4) is 0 Å². The zero-order valence-electron chi connectivity index (χ0n) is 33.9. The molecular weight excluding hydrogens is 663 g/mol. The van der Waals surface area contributed by atoms with Gasteiger partial charge in [0.2, 0.25) is 0 Å². The van der Waals surface area contributed by atoms with Crippen LogP contribution in [0, 0.1) is 16.7 Å². The molecule has 2 rings (SSSR count). The minimum Gasteiger partial charge on any atom is -0.410 e. The van der Waals surface area contributed by atoms with Gasteiger partial charge in [0.15, 0.2) is 16.6 Å². The zero-order chi connectivity index (χ0) is 37.9. The second kappa shape index (κ2) is 18.4. The van der Waals surface area contributed by atoms with Crippen LogP contribution in [0.5, 0.6) is 0 Å². The average molecular weight is 732 g/mol. The van der Waals surface area contributed by atoms with E-state index < -0.39 is 36.5 Å². The summed E-state index contributed by atoms with van der Waals surface area (Å²) in [5.74, 6) is 0. The average Bonchev–Trinajstić information content (AvgIpc) is 3.06. The highest BCUT2D eigenvalue weighted by molar-refractivity contribution is 6.99. The standard InChI is InChI=1S/C43H69NO3Si3/c1-15-25-36(31-33-45-50(42(8,9)10,38-26-21-19-22-27-38)39-28-23-20-24-29-39)34-37(46-49(16-2,17-3)18-4)30-32-43(11,12)40(35-44)47-48(13,14)41(5,6)7/h15,19-24,26-32,37,40H,1,16-18,25,33-34H2,2-14H3/b32-30+,36-31-. The highest BCUT2D eigenvalue weighted by atomic mass is 28.4. The van der Waals surface area contributed by atoms with Gasteiger partial charge in [0, 0.05) is 5.41 Å². The lowest BCUT2D eigenvalue weighted by Gasteiger charge is -2.43. The molecule has 0 aliphatic carbocycles. The molecule has 2 aromatic rings. The van der Waals surface area contributed by atoms with Crippen molar-refractivity contribution in [1.29, 1.82) is 5.26 Å². The first kappa shape index (κ1) is 43.8. The van der Waals surface area contributed by atoms with Crippen LogP contribution in [0.1, 0.15) is 89.0 Å². The van der Waals surface area contributed by atoms with E-state index in [2.05, 4.69) is 181 Å². The molecule has 0 saturated carbocycles. The van der Waals surface area contributed by atoms with Gasteiger partial charge in [-0.1, -0.05) is 167 Å². The molecule has 0 amide bonds. The molecule has 50 heavy (non-hydrogen) atoms. The van der Waals surface area contributed by atoms with Crippen LogP contribution in [-0.2, 0) is 13.3 Å². The number of benzene rings is 2. The molecule has 0 heterocycles. The number of rotatable bonds is 19. The van der Waals surface area contributed by atoms with Crippen molar-refractivity contribution >= 4 is 35.3 Å². The summed E-state index contributed by atoms with van der Waals surface area (Å²) < 4.78 is 21.1. The van der Waals surface area contributed by atoms with E-state index in [-0.39, 0.29) is 16.2 Å². The van der Waals surface area contributed by atoms with Crippen LogP contribution in [0.25, 0.3) is 0 Å². The maximum absolute atomic E-state index is 10.3. The highest BCUT2D eigenvalue weighted by Gasteiger charge is 2.50. The van der Waals surface area contributed by atoms with Crippen molar-refractivity contribution in [3.05, 3.63) is 97.1 Å². The molecule has 2 atom stereocenters. The van der Waals surface area contributed by atoms with Crippen LogP contribution in [0.15, 0.2) is 97.1 Å². The summed E-state index contributed by atoms with van der Waals surface area (Å²) in [6, 6.07) is 27.4. The van der Waals surface area contributed by atoms with Crippen LogP contribution >= 0.6 is 0 Å². The third-order valence-corrected chi connectivity index (χ3v) is 25.2. The summed E-state index contributed by atoms with van der Waals surface area (Å²) in [5.41, 5.74) is 0.765. The summed E-state index contributed by atoms with van der Waals surface area (Å²) in [6.07, 6.45) is 9.52. The van der Waals surface area contributed by atoms with Gasteiger partial charge in [-0.15, -0.1) is 6.58 Å². The van der Waals surface area contributed by atoms with E-state index >= 15 is 0 Å². The summed E-state index contributed by atoms with van der Waals surface area (Å²) in [5, 5.41) is 12.8. The fourth-order valence-electron chi connectivity index (χ4n) is 6.47. The topological polar surface area (TPSA) is 51.5 Å². The van der Waals surface area contributed by atoms with Crippen molar-refractivity contribution in [2.75, 3.05) is 6.61 Å². The van der Waals surface area contributed by atoms with Gasteiger partial charge in [0.25, 0.3) is 8.32 Å². The van der Waals surface area contributed by atoms with Gasteiger partial charge < -0.3 is 13.3 Å². The van der Waals surface area contributed by atoms with Crippen LogP contribution in [0.4, 0.5) is 0 Å². The molecular formula is C43H69NO3Si3. The molecule has 0 aromatic heterocycles. The van der Waals surface area contributed by atoms with Crippen molar-refractivity contribution in [2.45, 2.75) is 143 Å². The molecule has 2 unspecified atom stereocenters. The first-order valence-corrected chi connectivity index (χ1v) is 26.1. The van der Waals surface area contributed by atoms with Crippen molar-refractivity contribution in [2.24, 2.45) is 5.41 Å². The first-order valence-electron chi connectivity index (χ1n) is 18.8. The van der Waals surface area contributed by atoms with Gasteiger partial charge in [0.05, 0.1) is 18.8 Å². The predicted octanol–water partition coefficient (Wildman–Crippen LogP) is 11.3. The molecule has 7 heteroatoms. The van der Waals surface area contributed by atoms with Gasteiger partial charge in [-0.3, -0.25) is 0 Å². The van der Waals surface area contributed by atoms with Crippen LogP contribution in [0.2, 0.25) is 41.3 Å². The number of nitriles is 1. The monoisotopic (exact) mass is 731 g/mol. The first-order chi connectivity index (χ1) is 23.3. The second-order valence-electron chi connectivity index (χ2n) is 17.0. The van der Waals surface area contributed by atoms with E-state index in [9.17, 15) is 5.26 Å². The fourth-order valence-corrected chi connectivity index (χ4v) is 15.1. The lowest BCUT2D eigenvalue weighted by atomic mass is 9.86. The van der Waals surface area contributed by atoms with E-state index in [4.69, 9.17) is 13.3 Å². The second-order valence-corrected chi connectivity index (χ2v) is 30.8. The Morgan fingerprint density at radius 1 is 0.800 bits per heavy atom. The Hall–Kier alpha value is -2.32. The smallest absolute Gasteiger partial charge is 0.261 e. The maximum Gasteiger partial charge on any atom is 0.261 e. The largest absolute Gasteiger partial charge is 0.410 e. The lowest BCUT2D eigenvalue weighted by molar-refractivity contribution is 0.138. The molecule has 2 aromatic carbocycles. The molecule has 0 aliphatic rings. The molecule has 0 bridgehead atoms. The zero-order valence-corrected chi connectivity index (χ0v) is 36.9. The number of allylic oxidation sites excluding steroid dienone is 1.